The minimum atomic E-state index is -0.315. The average Bonchev–Trinajstić information content (AvgIpc) is 2.95. The molecule has 1 aliphatic heterocycles. The average molecular weight is 429 g/mol. The first kappa shape index (κ1) is 19.1. The van der Waals surface area contributed by atoms with E-state index in [9.17, 15) is 9.59 Å². The van der Waals surface area contributed by atoms with E-state index in [4.69, 9.17) is 17.0 Å². The number of hydrazine groups is 1. The molecule has 29 heavy (non-hydrogen) atoms. The van der Waals surface area contributed by atoms with Gasteiger partial charge in [-0.1, -0.05) is 30.0 Å². The monoisotopic (exact) mass is 428 g/mol. The fourth-order valence-corrected chi connectivity index (χ4v) is 7.27. The third kappa shape index (κ3) is 3.28. The fourth-order valence-electron chi connectivity index (χ4n) is 6.10. The molecule has 5 nitrogen and oxygen atoms in total. The van der Waals surface area contributed by atoms with Gasteiger partial charge >= 0.3 is 0 Å². The summed E-state index contributed by atoms with van der Waals surface area (Å²) in [6, 6.07) is 7.51. The van der Waals surface area contributed by atoms with Crippen LogP contribution in [0.3, 0.4) is 0 Å². The molecular weight excluding hydrogens is 404 g/mol. The summed E-state index contributed by atoms with van der Waals surface area (Å²) in [7, 11) is 1.60. The van der Waals surface area contributed by atoms with E-state index in [1.165, 1.54) is 36.0 Å². The molecule has 152 valence electrons. The lowest BCUT2D eigenvalue weighted by Gasteiger charge is -2.55. The van der Waals surface area contributed by atoms with E-state index in [1.807, 2.05) is 24.3 Å². The molecule has 5 aliphatic rings. The van der Waals surface area contributed by atoms with E-state index in [0.717, 1.165) is 24.8 Å². The van der Waals surface area contributed by atoms with Crippen molar-refractivity contribution < 1.29 is 14.3 Å². The molecule has 5 fully saturated rings. The zero-order valence-electron chi connectivity index (χ0n) is 16.3. The van der Waals surface area contributed by atoms with Gasteiger partial charge in [-0.2, -0.15) is 5.01 Å². The number of rotatable bonds is 4. The molecule has 0 aromatic heterocycles. The Morgan fingerprint density at radius 3 is 2.45 bits per heavy atom. The molecule has 0 spiro atoms. The molecule has 1 aromatic rings. The van der Waals surface area contributed by atoms with Crippen LogP contribution in [0.5, 0.6) is 5.75 Å². The lowest BCUT2D eigenvalue weighted by atomic mass is 9.49. The summed E-state index contributed by atoms with van der Waals surface area (Å²) in [4.78, 5) is 26.8. The fraction of sp³-hybridized carbons (Fsp3) is 0.500. The second-order valence-electron chi connectivity index (χ2n) is 8.90. The van der Waals surface area contributed by atoms with Crippen LogP contribution in [-0.4, -0.2) is 28.3 Å². The molecule has 1 saturated heterocycles. The van der Waals surface area contributed by atoms with Gasteiger partial charge < -0.3 is 4.74 Å². The van der Waals surface area contributed by atoms with Crippen molar-refractivity contribution in [2.75, 3.05) is 7.11 Å². The number of carbonyl (C=O) groups is 2. The number of nitrogens with zero attached hydrogens (tertiary/aromatic N) is 1. The summed E-state index contributed by atoms with van der Waals surface area (Å²) in [6.45, 7) is 0. The van der Waals surface area contributed by atoms with Crippen molar-refractivity contribution in [3.05, 3.63) is 34.7 Å². The second-order valence-corrected chi connectivity index (χ2v) is 10.6. The highest BCUT2D eigenvalue weighted by atomic mass is 32.2. The number of hydrogen-bond donors (Lipinski definition) is 1. The van der Waals surface area contributed by atoms with E-state index in [1.54, 1.807) is 13.2 Å². The number of para-hydroxylation sites is 1. The van der Waals surface area contributed by atoms with Crippen LogP contribution >= 0.6 is 24.0 Å². The van der Waals surface area contributed by atoms with Crippen LogP contribution < -0.4 is 10.2 Å². The quantitative estimate of drug-likeness (QED) is 0.577. The second kappa shape index (κ2) is 7.13. The maximum Gasteiger partial charge on any atom is 0.285 e. The smallest absolute Gasteiger partial charge is 0.285 e. The summed E-state index contributed by atoms with van der Waals surface area (Å²) in [5, 5.41) is 1.27. The lowest BCUT2D eigenvalue weighted by Crippen LogP contribution is -2.57. The van der Waals surface area contributed by atoms with Gasteiger partial charge in [0.15, 0.2) is 4.32 Å². The van der Waals surface area contributed by atoms with Crippen molar-refractivity contribution >= 4 is 46.2 Å². The Kier molecular flexibility index (Phi) is 4.70. The van der Waals surface area contributed by atoms with Crippen LogP contribution in [-0.2, 0) is 9.59 Å². The number of amides is 2. The van der Waals surface area contributed by atoms with Crippen LogP contribution in [0.25, 0.3) is 6.08 Å². The van der Waals surface area contributed by atoms with Crippen LogP contribution in [0.15, 0.2) is 29.2 Å². The molecule has 1 aromatic carbocycles. The van der Waals surface area contributed by atoms with E-state index in [2.05, 4.69) is 5.43 Å². The number of benzene rings is 1. The molecule has 1 N–H and O–H groups in total. The number of thiocarbonyl (C=S) groups is 1. The zero-order valence-corrected chi connectivity index (χ0v) is 18.0. The van der Waals surface area contributed by atoms with E-state index >= 15 is 0 Å². The third-order valence-electron chi connectivity index (χ3n) is 6.95. The molecule has 2 amide bonds. The Bertz CT molecular complexity index is 891. The van der Waals surface area contributed by atoms with Crippen molar-refractivity contribution in [2.45, 2.75) is 38.5 Å². The number of hydrogen-bond acceptors (Lipinski definition) is 5. The maximum atomic E-state index is 13.3. The molecule has 7 heteroatoms. The van der Waals surface area contributed by atoms with E-state index in [0.29, 0.717) is 32.7 Å². The van der Waals surface area contributed by atoms with Crippen molar-refractivity contribution in [3.63, 3.8) is 0 Å². The molecule has 4 aliphatic carbocycles. The van der Waals surface area contributed by atoms with Gasteiger partial charge in [-0.3, -0.25) is 15.0 Å². The Labute approximate surface area is 180 Å². The summed E-state index contributed by atoms with van der Waals surface area (Å²) in [5.74, 6) is 2.40. The van der Waals surface area contributed by atoms with Crippen molar-refractivity contribution in [3.8, 4) is 5.75 Å². The van der Waals surface area contributed by atoms with Gasteiger partial charge in [-0.25, -0.2) is 0 Å². The molecule has 0 atom stereocenters. The van der Waals surface area contributed by atoms with Crippen molar-refractivity contribution in [2.24, 2.45) is 23.2 Å². The van der Waals surface area contributed by atoms with Crippen LogP contribution in [0, 0.1) is 23.2 Å². The number of carbonyl (C=O) groups excluding carboxylic acids is 2. The van der Waals surface area contributed by atoms with Gasteiger partial charge in [-0.15, -0.1) is 0 Å². The standard InChI is InChI=1S/C22H24N2O3S2/c1-27-17-5-3-2-4-16(17)9-18-19(25)24(21(28)29-18)23-20(26)22-10-13-6-14(11-22)8-15(7-13)12-22/h2-5,9,13-15H,6-8,10-12H2,1H3,(H,23,26)/b18-9-. The maximum absolute atomic E-state index is 13.3. The van der Waals surface area contributed by atoms with Gasteiger partial charge in [0.2, 0.25) is 5.91 Å². The summed E-state index contributed by atoms with van der Waals surface area (Å²) < 4.78 is 5.74. The first-order valence-corrected chi connectivity index (χ1v) is 11.4. The van der Waals surface area contributed by atoms with Gasteiger partial charge in [0, 0.05) is 5.56 Å². The van der Waals surface area contributed by atoms with Gasteiger partial charge in [0.05, 0.1) is 17.4 Å². The zero-order chi connectivity index (χ0) is 20.2. The Balaban J connectivity index is 1.34. The summed E-state index contributed by atoms with van der Waals surface area (Å²) in [6.07, 6.45) is 8.46. The molecular formula is C22H24N2O3S2. The van der Waals surface area contributed by atoms with E-state index in [-0.39, 0.29) is 17.2 Å². The van der Waals surface area contributed by atoms with Crippen molar-refractivity contribution in [1.82, 2.24) is 10.4 Å². The van der Waals surface area contributed by atoms with Gasteiger partial charge in [-0.05, 0) is 80.6 Å². The first-order chi connectivity index (χ1) is 14.0. The van der Waals surface area contributed by atoms with E-state index < -0.39 is 0 Å². The summed E-state index contributed by atoms with van der Waals surface area (Å²) >= 11 is 6.63. The predicted molar refractivity (Wildman–Crippen MR) is 117 cm³/mol. The largest absolute Gasteiger partial charge is 0.496 e. The van der Waals surface area contributed by atoms with Crippen LogP contribution in [0.1, 0.15) is 44.1 Å². The minimum Gasteiger partial charge on any atom is -0.496 e. The Hall–Kier alpha value is -1.86. The third-order valence-corrected chi connectivity index (χ3v) is 8.25. The molecule has 0 radical (unpaired) electrons. The van der Waals surface area contributed by atoms with Crippen molar-refractivity contribution in [1.29, 1.82) is 0 Å². The topological polar surface area (TPSA) is 58.6 Å². The van der Waals surface area contributed by atoms with Crippen LogP contribution in [0.2, 0.25) is 0 Å². The number of ether oxygens (including phenoxy) is 1. The normalized spacial score (nSPS) is 34.2. The highest BCUT2D eigenvalue weighted by molar-refractivity contribution is 8.26. The first-order valence-electron chi connectivity index (χ1n) is 10.2. The Morgan fingerprint density at radius 1 is 1.21 bits per heavy atom. The van der Waals surface area contributed by atoms with Gasteiger partial charge in [0.1, 0.15) is 5.75 Å². The minimum absolute atomic E-state index is 0.0218. The molecule has 4 bridgehead atoms. The molecule has 0 unspecified atom stereocenters. The number of methoxy groups -OCH3 is 1. The van der Waals surface area contributed by atoms with Gasteiger partial charge in [0.25, 0.3) is 5.91 Å². The van der Waals surface area contributed by atoms with Crippen LogP contribution in [0.4, 0.5) is 0 Å². The molecule has 1 heterocycles. The number of nitrogens with one attached hydrogen (secondary N) is 1. The lowest BCUT2D eigenvalue weighted by molar-refractivity contribution is -0.152. The molecule has 4 saturated carbocycles. The highest BCUT2D eigenvalue weighted by Gasteiger charge is 2.55. The number of thioether (sulfide) groups is 1. The predicted octanol–water partition coefficient (Wildman–Crippen LogP) is 4.14. The molecule has 6 rings (SSSR count). The summed E-state index contributed by atoms with van der Waals surface area (Å²) in [5.41, 5.74) is 3.38. The highest BCUT2D eigenvalue weighted by Crippen LogP contribution is 2.60. The Morgan fingerprint density at radius 2 is 1.83 bits per heavy atom. The SMILES string of the molecule is COc1ccccc1/C=C1\SC(=S)N(NC(=O)C23CC4CC(CC(C4)C2)C3)C1=O.